The van der Waals surface area contributed by atoms with Crippen LogP contribution in [0.4, 0.5) is 0 Å². The van der Waals surface area contributed by atoms with Gasteiger partial charge in [-0.05, 0) is 57.3 Å². The maximum Gasteiger partial charge on any atom is -0.00180 e. The minimum atomic E-state index is 0.772. The van der Waals surface area contributed by atoms with Crippen molar-refractivity contribution >= 4 is 0 Å². The van der Waals surface area contributed by atoms with E-state index in [1.807, 2.05) is 0 Å². The fraction of sp³-hybridized carbons (Fsp3) is 1.00. The Morgan fingerprint density at radius 2 is 2.18 bits per heavy atom. The molecule has 0 aromatic rings. The lowest BCUT2D eigenvalue weighted by atomic mass is 9.92. The largest absolute Gasteiger partial charge is 0.319 e. The van der Waals surface area contributed by atoms with E-state index in [-0.39, 0.29) is 0 Å². The van der Waals surface area contributed by atoms with Crippen LogP contribution >= 0.6 is 0 Å². The summed E-state index contributed by atoms with van der Waals surface area (Å²) in [6.07, 6.45) is 4.31. The molecule has 1 saturated carbocycles. The van der Waals surface area contributed by atoms with E-state index in [0.29, 0.717) is 0 Å². The van der Waals surface area contributed by atoms with E-state index in [4.69, 9.17) is 0 Å². The topological polar surface area (TPSA) is 24.1 Å². The summed E-state index contributed by atoms with van der Waals surface area (Å²) in [7, 11) is 2.06. The van der Waals surface area contributed by atoms with E-state index in [1.54, 1.807) is 0 Å². The molecule has 1 heterocycles. The minimum absolute atomic E-state index is 0.772. The second-order valence-corrected chi connectivity index (χ2v) is 4.07. The third kappa shape index (κ3) is 1.30. The number of hydrogen-bond donors (Lipinski definition) is 2. The highest BCUT2D eigenvalue weighted by atomic mass is 14.9. The maximum atomic E-state index is 3.42. The Kier molecular flexibility index (Phi) is 1.90. The fourth-order valence-electron chi connectivity index (χ4n) is 2.50. The lowest BCUT2D eigenvalue weighted by Crippen LogP contribution is -2.30. The average Bonchev–Trinajstić information content (AvgIpc) is 2.66. The Hall–Kier alpha value is -0.0800. The predicted molar refractivity (Wildman–Crippen MR) is 46.6 cm³/mol. The zero-order valence-corrected chi connectivity index (χ0v) is 7.32. The molecule has 1 saturated heterocycles. The fourth-order valence-corrected chi connectivity index (χ4v) is 2.50. The summed E-state index contributed by atoms with van der Waals surface area (Å²) >= 11 is 0. The van der Waals surface area contributed by atoms with Gasteiger partial charge in [0, 0.05) is 0 Å². The minimum Gasteiger partial charge on any atom is -0.319 e. The summed E-state index contributed by atoms with van der Waals surface area (Å²) in [5.41, 5.74) is 0.772. The normalized spacial score (nSPS) is 34.1. The smallest absolute Gasteiger partial charge is 0.00180 e. The highest BCUT2D eigenvalue weighted by molar-refractivity contribution is 5.04. The Morgan fingerprint density at radius 1 is 1.45 bits per heavy atom. The van der Waals surface area contributed by atoms with E-state index >= 15 is 0 Å². The molecular formula is C9H18N2. The van der Waals surface area contributed by atoms with E-state index in [1.165, 1.54) is 38.9 Å². The Balaban J connectivity index is 1.84. The molecule has 1 spiro atoms. The van der Waals surface area contributed by atoms with Crippen molar-refractivity contribution in [2.45, 2.75) is 19.3 Å². The van der Waals surface area contributed by atoms with Crippen LogP contribution in [0, 0.1) is 11.3 Å². The van der Waals surface area contributed by atoms with Gasteiger partial charge in [-0.1, -0.05) is 0 Å². The molecule has 1 aliphatic heterocycles. The van der Waals surface area contributed by atoms with E-state index in [9.17, 15) is 0 Å². The predicted octanol–water partition coefficient (Wildman–Crippen LogP) is 0.595. The molecule has 0 bridgehead atoms. The molecule has 1 unspecified atom stereocenters. The lowest BCUT2D eigenvalue weighted by molar-refractivity contribution is 0.321. The Morgan fingerprint density at radius 3 is 2.82 bits per heavy atom. The van der Waals surface area contributed by atoms with E-state index in [0.717, 1.165) is 11.3 Å². The van der Waals surface area contributed by atoms with Gasteiger partial charge in [0.15, 0.2) is 0 Å². The summed E-state index contributed by atoms with van der Waals surface area (Å²) in [6, 6.07) is 0. The summed E-state index contributed by atoms with van der Waals surface area (Å²) in [5, 5.41) is 6.70. The number of hydrogen-bond acceptors (Lipinski definition) is 2. The van der Waals surface area contributed by atoms with Crippen LogP contribution in [0.1, 0.15) is 19.3 Å². The zero-order chi connectivity index (χ0) is 7.73. The molecule has 0 radical (unpaired) electrons. The van der Waals surface area contributed by atoms with Crippen LogP contribution in [0.3, 0.4) is 0 Å². The van der Waals surface area contributed by atoms with Crippen LogP contribution < -0.4 is 10.6 Å². The third-order valence-electron chi connectivity index (χ3n) is 3.41. The monoisotopic (exact) mass is 154 g/mol. The van der Waals surface area contributed by atoms with Crippen molar-refractivity contribution in [2.75, 3.05) is 26.7 Å². The summed E-state index contributed by atoms with van der Waals surface area (Å²) in [5.74, 6) is 0.995. The van der Waals surface area contributed by atoms with Gasteiger partial charge >= 0.3 is 0 Å². The molecule has 2 heteroatoms. The van der Waals surface area contributed by atoms with Crippen molar-refractivity contribution in [1.82, 2.24) is 10.6 Å². The molecular weight excluding hydrogens is 136 g/mol. The van der Waals surface area contributed by atoms with Gasteiger partial charge < -0.3 is 10.6 Å². The lowest BCUT2D eigenvalue weighted by Gasteiger charge is -2.23. The van der Waals surface area contributed by atoms with Gasteiger partial charge in [-0.2, -0.15) is 0 Å². The van der Waals surface area contributed by atoms with Gasteiger partial charge in [-0.3, -0.25) is 0 Å². The SMILES string of the molecule is CNCC1CC12CCNCC2. The molecule has 2 nitrogen and oxygen atoms in total. The molecule has 2 rings (SSSR count). The van der Waals surface area contributed by atoms with Gasteiger partial charge in [0.1, 0.15) is 0 Å². The van der Waals surface area contributed by atoms with Crippen LogP contribution in [-0.2, 0) is 0 Å². The second-order valence-electron chi connectivity index (χ2n) is 4.07. The van der Waals surface area contributed by atoms with Crippen molar-refractivity contribution in [3.8, 4) is 0 Å². The third-order valence-corrected chi connectivity index (χ3v) is 3.41. The van der Waals surface area contributed by atoms with Crippen molar-refractivity contribution < 1.29 is 0 Å². The summed E-state index contributed by atoms with van der Waals surface area (Å²) in [4.78, 5) is 0. The van der Waals surface area contributed by atoms with Crippen LogP contribution in [0.25, 0.3) is 0 Å². The molecule has 2 fully saturated rings. The average molecular weight is 154 g/mol. The molecule has 1 atom stereocenters. The molecule has 0 aromatic carbocycles. The first-order valence-electron chi connectivity index (χ1n) is 4.73. The van der Waals surface area contributed by atoms with Crippen molar-refractivity contribution in [3.05, 3.63) is 0 Å². The summed E-state index contributed by atoms with van der Waals surface area (Å²) < 4.78 is 0. The van der Waals surface area contributed by atoms with Gasteiger partial charge in [0.25, 0.3) is 0 Å². The van der Waals surface area contributed by atoms with Crippen molar-refractivity contribution in [1.29, 1.82) is 0 Å². The van der Waals surface area contributed by atoms with Crippen molar-refractivity contribution in [3.63, 3.8) is 0 Å². The molecule has 0 amide bonds. The zero-order valence-electron chi connectivity index (χ0n) is 7.32. The van der Waals surface area contributed by atoms with Gasteiger partial charge in [-0.25, -0.2) is 0 Å². The molecule has 2 aliphatic rings. The van der Waals surface area contributed by atoms with Crippen LogP contribution in [0.15, 0.2) is 0 Å². The maximum absolute atomic E-state index is 3.42. The number of nitrogens with one attached hydrogen (secondary N) is 2. The Labute approximate surface area is 68.7 Å². The van der Waals surface area contributed by atoms with Crippen LogP contribution in [-0.4, -0.2) is 26.7 Å². The highest BCUT2D eigenvalue weighted by Gasteiger charge is 2.52. The van der Waals surface area contributed by atoms with Gasteiger partial charge in [0.2, 0.25) is 0 Å². The number of piperidine rings is 1. The Bertz CT molecular complexity index is 138. The molecule has 1 aliphatic carbocycles. The first-order valence-corrected chi connectivity index (χ1v) is 4.73. The van der Waals surface area contributed by atoms with E-state index < -0.39 is 0 Å². The molecule has 11 heavy (non-hydrogen) atoms. The quantitative estimate of drug-likeness (QED) is 0.608. The first kappa shape index (κ1) is 7.56. The first-order chi connectivity index (χ1) is 5.37. The second kappa shape index (κ2) is 2.76. The molecule has 2 N–H and O–H groups in total. The standard InChI is InChI=1S/C9H18N2/c1-10-7-8-6-9(8)2-4-11-5-3-9/h8,10-11H,2-7H2,1H3. The number of rotatable bonds is 2. The van der Waals surface area contributed by atoms with E-state index in [2.05, 4.69) is 17.7 Å². The highest BCUT2D eigenvalue weighted by Crippen LogP contribution is 2.57. The van der Waals surface area contributed by atoms with Gasteiger partial charge in [0.05, 0.1) is 0 Å². The van der Waals surface area contributed by atoms with Crippen molar-refractivity contribution in [2.24, 2.45) is 11.3 Å². The van der Waals surface area contributed by atoms with Crippen LogP contribution in [0.5, 0.6) is 0 Å². The molecule has 64 valence electrons. The van der Waals surface area contributed by atoms with Crippen LogP contribution in [0.2, 0.25) is 0 Å². The molecule has 0 aromatic heterocycles. The summed E-state index contributed by atoms with van der Waals surface area (Å²) in [6.45, 7) is 3.74. The van der Waals surface area contributed by atoms with Gasteiger partial charge in [-0.15, -0.1) is 0 Å².